The Morgan fingerprint density at radius 2 is 2.03 bits per heavy atom. The number of fused-ring (bicyclic) bond motifs is 1. The van der Waals surface area contributed by atoms with Gasteiger partial charge in [0.2, 0.25) is 5.91 Å². The quantitative estimate of drug-likeness (QED) is 0.465. The summed E-state index contributed by atoms with van der Waals surface area (Å²) in [5.74, 6) is 0.822. The minimum atomic E-state index is -0.401. The van der Waals surface area contributed by atoms with Crippen LogP contribution < -0.4 is 10.6 Å². The molecule has 0 fully saturated rings. The summed E-state index contributed by atoms with van der Waals surface area (Å²) in [6.45, 7) is 3.55. The van der Waals surface area contributed by atoms with Crippen LogP contribution in [0.2, 0.25) is 5.02 Å². The third kappa shape index (κ3) is 3.90. The molecule has 0 aliphatic heterocycles. The van der Waals surface area contributed by atoms with Crippen molar-refractivity contribution < 1.29 is 18.4 Å². The van der Waals surface area contributed by atoms with Crippen LogP contribution in [-0.4, -0.2) is 16.8 Å². The molecular weight excluding hydrogens is 414 g/mol. The van der Waals surface area contributed by atoms with Gasteiger partial charge in [-0.2, -0.15) is 0 Å². The molecule has 9 heteroatoms. The fraction of sp³-hybridized carbons (Fsp3) is 0.150. The molecule has 4 rings (SSSR count). The van der Waals surface area contributed by atoms with Crippen molar-refractivity contribution in [2.75, 3.05) is 5.32 Å². The molecule has 2 amide bonds. The summed E-state index contributed by atoms with van der Waals surface area (Å²) >= 11 is 7.42. The second kappa shape index (κ2) is 7.73. The first-order valence-electron chi connectivity index (χ1n) is 8.70. The second-order valence-corrected chi connectivity index (χ2v) is 7.61. The Hall–Kier alpha value is -3.10. The molecule has 7 nitrogen and oxygen atoms in total. The molecule has 0 aliphatic carbocycles. The number of para-hydroxylation sites is 1. The first-order valence-corrected chi connectivity index (χ1v) is 9.96. The number of carbonyl (C=O) groups is 2. The van der Waals surface area contributed by atoms with Crippen LogP contribution in [0, 0.1) is 6.92 Å². The average molecular weight is 430 g/mol. The van der Waals surface area contributed by atoms with Gasteiger partial charge in [0.25, 0.3) is 5.91 Å². The first kappa shape index (κ1) is 19.2. The lowest BCUT2D eigenvalue weighted by molar-refractivity contribution is -0.119. The Morgan fingerprint density at radius 1 is 1.21 bits per heavy atom. The van der Waals surface area contributed by atoms with Crippen molar-refractivity contribution in [2.24, 2.45) is 0 Å². The number of hydrogen-bond acceptors (Lipinski definition) is 6. The number of aryl methyl sites for hydroxylation is 1. The summed E-state index contributed by atoms with van der Waals surface area (Å²) < 4.78 is 11.4. The predicted octanol–water partition coefficient (Wildman–Crippen LogP) is 5.00. The molecule has 148 valence electrons. The monoisotopic (exact) mass is 429 g/mol. The van der Waals surface area contributed by atoms with E-state index in [1.807, 2.05) is 19.1 Å². The Balaban J connectivity index is 1.51. The van der Waals surface area contributed by atoms with Gasteiger partial charge in [-0.05, 0) is 25.1 Å². The molecule has 2 N–H and O–H groups in total. The van der Waals surface area contributed by atoms with Gasteiger partial charge in [0, 0.05) is 23.3 Å². The smallest absolute Gasteiger partial charge is 0.293 e. The number of halogens is 1. The number of rotatable bonds is 5. The number of nitrogens with one attached hydrogen (secondary N) is 2. The number of thiazole rings is 1. The second-order valence-electron chi connectivity index (χ2n) is 6.34. The van der Waals surface area contributed by atoms with E-state index >= 15 is 0 Å². The zero-order valence-electron chi connectivity index (χ0n) is 15.5. The highest BCUT2D eigenvalue weighted by Crippen LogP contribution is 2.32. The van der Waals surface area contributed by atoms with E-state index < -0.39 is 5.91 Å². The van der Waals surface area contributed by atoms with Crippen molar-refractivity contribution >= 4 is 50.9 Å². The predicted molar refractivity (Wildman–Crippen MR) is 111 cm³/mol. The van der Waals surface area contributed by atoms with Gasteiger partial charge in [-0.25, -0.2) is 4.98 Å². The van der Waals surface area contributed by atoms with Gasteiger partial charge in [0.1, 0.15) is 11.5 Å². The third-order valence-corrected chi connectivity index (χ3v) is 5.33. The fourth-order valence-electron chi connectivity index (χ4n) is 2.85. The molecule has 3 aromatic heterocycles. The van der Waals surface area contributed by atoms with Crippen molar-refractivity contribution in [3.05, 3.63) is 57.8 Å². The SMILES string of the molecule is CC(=O)NCc1ccc(-c2csc(NC(=O)c3oc4c(Cl)cccc4c3C)n2)o1. The van der Waals surface area contributed by atoms with E-state index in [9.17, 15) is 9.59 Å². The van der Waals surface area contributed by atoms with Gasteiger partial charge < -0.3 is 14.2 Å². The molecule has 29 heavy (non-hydrogen) atoms. The minimum Gasteiger partial charge on any atom is -0.458 e. The van der Waals surface area contributed by atoms with Crippen molar-refractivity contribution in [1.29, 1.82) is 0 Å². The van der Waals surface area contributed by atoms with Crippen LogP contribution in [0.1, 0.15) is 28.8 Å². The van der Waals surface area contributed by atoms with Crippen molar-refractivity contribution in [1.82, 2.24) is 10.3 Å². The van der Waals surface area contributed by atoms with Crippen LogP contribution in [0.3, 0.4) is 0 Å². The molecule has 0 bridgehead atoms. The summed E-state index contributed by atoms with van der Waals surface area (Å²) in [5.41, 5.74) is 1.79. The molecule has 0 spiro atoms. The van der Waals surface area contributed by atoms with Gasteiger partial charge in [-0.15, -0.1) is 11.3 Å². The summed E-state index contributed by atoms with van der Waals surface area (Å²) in [4.78, 5) is 28.1. The third-order valence-electron chi connectivity index (χ3n) is 4.27. The summed E-state index contributed by atoms with van der Waals surface area (Å²) in [7, 11) is 0. The zero-order valence-corrected chi connectivity index (χ0v) is 17.1. The first-order chi connectivity index (χ1) is 13.9. The topological polar surface area (TPSA) is 97.4 Å². The van der Waals surface area contributed by atoms with Gasteiger partial charge in [0.05, 0.1) is 11.6 Å². The van der Waals surface area contributed by atoms with Crippen LogP contribution in [-0.2, 0) is 11.3 Å². The van der Waals surface area contributed by atoms with Gasteiger partial charge in [-0.3, -0.25) is 14.9 Å². The van der Waals surface area contributed by atoms with Crippen LogP contribution in [0.5, 0.6) is 0 Å². The van der Waals surface area contributed by atoms with Crippen molar-refractivity contribution in [3.8, 4) is 11.5 Å². The maximum Gasteiger partial charge on any atom is 0.293 e. The number of aromatic nitrogens is 1. The highest BCUT2D eigenvalue weighted by molar-refractivity contribution is 7.14. The van der Waals surface area contributed by atoms with Gasteiger partial charge >= 0.3 is 0 Å². The lowest BCUT2D eigenvalue weighted by Crippen LogP contribution is -2.18. The molecular formula is C20H16ClN3O4S. The molecule has 0 aliphatic rings. The molecule has 0 atom stereocenters. The molecule has 0 radical (unpaired) electrons. The zero-order chi connectivity index (χ0) is 20.5. The number of carbonyl (C=O) groups excluding carboxylic acids is 2. The normalized spacial score (nSPS) is 11.0. The number of benzene rings is 1. The molecule has 0 saturated carbocycles. The number of nitrogens with zero attached hydrogens (tertiary/aromatic N) is 1. The standard InChI is InChI=1S/C20H16ClN3O4S/c1-10-13-4-3-5-14(21)18(13)28-17(10)19(26)24-20-23-15(9-29-20)16-7-6-12(27-16)8-22-11(2)25/h3-7,9H,8H2,1-2H3,(H,22,25)(H,23,24,26). The minimum absolute atomic E-state index is 0.135. The van der Waals surface area contributed by atoms with E-state index in [0.717, 1.165) is 5.39 Å². The Labute approximate surface area is 174 Å². The summed E-state index contributed by atoms with van der Waals surface area (Å²) in [6.07, 6.45) is 0. The van der Waals surface area contributed by atoms with Crippen LogP contribution in [0.4, 0.5) is 5.13 Å². The molecule has 1 aromatic carbocycles. The largest absolute Gasteiger partial charge is 0.458 e. The highest BCUT2D eigenvalue weighted by atomic mass is 35.5. The molecule has 3 heterocycles. The lowest BCUT2D eigenvalue weighted by Gasteiger charge is -1.99. The number of hydrogen-bond donors (Lipinski definition) is 2. The van der Waals surface area contributed by atoms with Gasteiger partial charge in [0.15, 0.2) is 22.2 Å². The summed E-state index contributed by atoms with van der Waals surface area (Å²) in [5, 5.41) is 8.86. The van der Waals surface area contributed by atoms with Crippen LogP contribution in [0.15, 0.2) is 44.5 Å². The van der Waals surface area contributed by atoms with E-state index in [0.29, 0.717) is 45.1 Å². The number of furan rings is 2. The van der Waals surface area contributed by atoms with Crippen LogP contribution in [0.25, 0.3) is 22.4 Å². The van der Waals surface area contributed by atoms with E-state index in [-0.39, 0.29) is 11.7 Å². The van der Waals surface area contributed by atoms with E-state index in [1.54, 1.807) is 23.6 Å². The molecule has 4 aromatic rings. The van der Waals surface area contributed by atoms with Gasteiger partial charge in [-0.1, -0.05) is 23.7 Å². The molecule has 0 saturated heterocycles. The Bertz CT molecular complexity index is 1220. The van der Waals surface area contributed by atoms with E-state index in [2.05, 4.69) is 15.6 Å². The maximum absolute atomic E-state index is 12.7. The molecule has 0 unspecified atom stereocenters. The van der Waals surface area contributed by atoms with E-state index in [4.69, 9.17) is 20.4 Å². The summed E-state index contributed by atoms with van der Waals surface area (Å²) in [6, 6.07) is 8.91. The number of amides is 2. The Kier molecular flexibility index (Phi) is 5.12. The Morgan fingerprint density at radius 3 is 2.79 bits per heavy atom. The fourth-order valence-corrected chi connectivity index (χ4v) is 3.75. The van der Waals surface area contributed by atoms with Crippen molar-refractivity contribution in [3.63, 3.8) is 0 Å². The van der Waals surface area contributed by atoms with Crippen LogP contribution >= 0.6 is 22.9 Å². The number of anilines is 1. The van der Waals surface area contributed by atoms with Crippen molar-refractivity contribution in [2.45, 2.75) is 20.4 Å². The maximum atomic E-state index is 12.7. The lowest BCUT2D eigenvalue weighted by atomic mass is 10.1. The van der Waals surface area contributed by atoms with E-state index in [1.165, 1.54) is 18.3 Å². The average Bonchev–Trinajstić information content (AvgIpc) is 3.40. The highest BCUT2D eigenvalue weighted by Gasteiger charge is 2.20.